The van der Waals surface area contributed by atoms with E-state index < -0.39 is 0 Å². The largest absolute Gasteiger partial charge is 0.320 e. The van der Waals surface area contributed by atoms with E-state index >= 15 is 0 Å². The van der Waals surface area contributed by atoms with Crippen molar-refractivity contribution in [3.8, 4) is 0 Å². The van der Waals surface area contributed by atoms with Crippen molar-refractivity contribution in [1.29, 1.82) is 0 Å². The van der Waals surface area contributed by atoms with Gasteiger partial charge < -0.3 is 5.73 Å². The van der Waals surface area contributed by atoms with Gasteiger partial charge in [-0.05, 0) is 48.2 Å². The van der Waals surface area contributed by atoms with Crippen LogP contribution in [-0.2, 0) is 0 Å². The third kappa shape index (κ3) is 2.08. The van der Waals surface area contributed by atoms with Gasteiger partial charge in [0.15, 0.2) is 0 Å². The number of hydrogen-bond donors (Lipinski definition) is 1. The van der Waals surface area contributed by atoms with Crippen LogP contribution < -0.4 is 5.73 Å². The van der Waals surface area contributed by atoms with Crippen molar-refractivity contribution in [2.45, 2.75) is 19.9 Å². The summed E-state index contributed by atoms with van der Waals surface area (Å²) >= 11 is 0. The number of fused-ring (bicyclic) bond motifs is 1. The maximum atomic E-state index is 6.52. The minimum absolute atomic E-state index is 0.122. The molecule has 0 bridgehead atoms. The van der Waals surface area contributed by atoms with E-state index in [4.69, 9.17) is 5.73 Å². The number of hydrogen-bond acceptors (Lipinski definition) is 2. The van der Waals surface area contributed by atoms with Crippen LogP contribution in [0.4, 0.5) is 0 Å². The molecule has 1 aromatic heterocycles. The predicted octanol–water partition coefficient (Wildman–Crippen LogP) is 3.90. The number of para-hydroxylation sites is 1. The molecule has 0 aliphatic heterocycles. The van der Waals surface area contributed by atoms with Gasteiger partial charge in [0.25, 0.3) is 0 Å². The van der Waals surface area contributed by atoms with Gasteiger partial charge in [0.05, 0.1) is 11.6 Å². The van der Waals surface area contributed by atoms with Gasteiger partial charge in [-0.1, -0.05) is 36.4 Å². The van der Waals surface area contributed by atoms with Crippen LogP contribution in [0.5, 0.6) is 0 Å². The number of nitrogens with two attached hydrogens (primary N) is 1. The third-order valence-corrected chi connectivity index (χ3v) is 4.00. The normalized spacial score (nSPS) is 12.6. The van der Waals surface area contributed by atoms with E-state index in [1.807, 2.05) is 30.5 Å². The molecule has 2 aromatic carbocycles. The highest BCUT2D eigenvalue weighted by molar-refractivity contribution is 5.82. The molecule has 3 rings (SSSR count). The third-order valence-electron chi connectivity index (χ3n) is 4.00. The Morgan fingerprint density at radius 1 is 0.900 bits per heavy atom. The molecule has 0 fully saturated rings. The van der Waals surface area contributed by atoms with E-state index in [2.05, 4.69) is 43.1 Å². The van der Waals surface area contributed by atoms with Crippen LogP contribution in [0.2, 0.25) is 0 Å². The maximum Gasteiger partial charge on any atom is 0.0705 e. The van der Waals surface area contributed by atoms with Crippen molar-refractivity contribution in [3.63, 3.8) is 0 Å². The van der Waals surface area contributed by atoms with Crippen molar-refractivity contribution in [1.82, 2.24) is 4.98 Å². The fourth-order valence-corrected chi connectivity index (χ4v) is 2.67. The number of aryl methyl sites for hydroxylation is 1. The lowest BCUT2D eigenvalue weighted by atomic mass is 9.92. The summed E-state index contributed by atoms with van der Waals surface area (Å²) in [6.45, 7) is 4.25. The topological polar surface area (TPSA) is 38.9 Å². The molecule has 1 unspecified atom stereocenters. The monoisotopic (exact) mass is 262 g/mol. The molecule has 0 amide bonds. The van der Waals surface area contributed by atoms with Crippen LogP contribution in [0.3, 0.4) is 0 Å². The highest BCUT2D eigenvalue weighted by Crippen LogP contribution is 2.28. The van der Waals surface area contributed by atoms with E-state index in [0.717, 1.165) is 16.5 Å². The van der Waals surface area contributed by atoms with Crippen LogP contribution in [0.1, 0.15) is 28.3 Å². The Hall–Kier alpha value is -2.19. The van der Waals surface area contributed by atoms with Gasteiger partial charge in [0.2, 0.25) is 0 Å². The summed E-state index contributed by atoms with van der Waals surface area (Å²) in [6, 6.07) is 16.3. The number of nitrogens with zero attached hydrogens (tertiary/aromatic N) is 1. The van der Waals surface area contributed by atoms with E-state index in [1.54, 1.807) is 0 Å². The van der Waals surface area contributed by atoms with Crippen molar-refractivity contribution in [2.75, 3.05) is 0 Å². The maximum absolute atomic E-state index is 6.52. The minimum atomic E-state index is -0.122. The summed E-state index contributed by atoms with van der Waals surface area (Å²) in [4.78, 5) is 4.40. The molecule has 100 valence electrons. The van der Waals surface area contributed by atoms with Crippen LogP contribution in [0, 0.1) is 13.8 Å². The summed E-state index contributed by atoms with van der Waals surface area (Å²) in [6.07, 6.45) is 1.84. The summed E-state index contributed by atoms with van der Waals surface area (Å²) < 4.78 is 0. The quantitative estimate of drug-likeness (QED) is 0.760. The highest BCUT2D eigenvalue weighted by Gasteiger charge is 2.14. The molecule has 0 radical (unpaired) electrons. The molecule has 2 nitrogen and oxygen atoms in total. The molecule has 1 heterocycles. The van der Waals surface area contributed by atoms with Gasteiger partial charge in [0.1, 0.15) is 0 Å². The zero-order chi connectivity index (χ0) is 14.1. The van der Waals surface area contributed by atoms with Crippen molar-refractivity contribution < 1.29 is 0 Å². The summed E-state index contributed by atoms with van der Waals surface area (Å²) in [7, 11) is 0. The van der Waals surface area contributed by atoms with E-state index in [9.17, 15) is 0 Å². The zero-order valence-corrected chi connectivity index (χ0v) is 11.8. The SMILES string of the molecule is Cc1cccc(C(N)c2ccnc3ccccc23)c1C. The van der Waals surface area contributed by atoms with Gasteiger partial charge in [-0.3, -0.25) is 4.98 Å². The first-order valence-electron chi connectivity index (χ1n) is 6.84. The van der Waals surface area contributed by atoms with Crippen molar-refractivity contribution in [2.24, 2.45) is 5.73 Å². The molecule has 3 aromatic rings. The molecule has 2 heteroatoms. The molecular weight excluding hydrogens is 244 g/mol. The van der Waals surface area contributed by atoms with Gasteiger partial charge >= 0.3 is 0 Å². The van der Waals surface area contributed by atoms with E-state index in [0.29, 0.717) is 0 Å². The first kappa shape index (κ1) is 12.8. The van der Waals surface area contributed by atoms with Gasteiger partial charge in [-0.15, -0.1) is 0 Å². The van der Waals surface area contributed by atoms with Crippen molar-refractivity contribution in [3.05, 3.63) is 77.0 Å². The molecule has 1 atom stereocenters. The molecule has 2 N–H and O–H groups in total. The van der Waals surface area contributed by atoms with Crippen molar-refractivity contribution >= 4 is 10.9 Å². The smallest absolute Gasteiger partial charge is 0.0705 e. The molecule has 20 heavy (non-hydrogen) atoms. The standard InChI is InChI=1S/C18H18N2/c1-12-6-5-8-14(13(12)2)18(19)16-10-11-20-17-9-4-3-7-15(16)17/h3-11,18H,19H2,1-2H3. The number of benzene rings is 2. The molecule has 0 aliphatic carbocycles. The second-order valence-corrected chi connectivity index (χ2v) is 5.18. The lowest BCUT2D eigenvalue weighted by Crippen LogP contribution is -2.14. The number of aromatic nitrogens is 1. The lowest BCUT2D eigenvalue weighted by molar-refractivity contribution is 0.866. The average Bonchev–Trinajstić information content (AvgIpc) is 2.49. The molecule has 0 spiro atoms. The molecular formula is C18H18N2. The van der Waals surface area contributed by atoms with Crippen LogP contribution in [0.25, 0.3) is 10.9 Å². The summed E-state index contributed by atoms with van der Waals surface area (Å²) in [5, 5.41) is 1.13. The van der Waals surface area contributed by atoms with Gasteiger partial charge in [-0.25, -0.2) is 0 Å². The molecule has 0 saturated heterocycles. The second-order valence-electron chi connectivity index (χ2n) is 5.18. The Morgan fingerprint density at radius 2 is 1.70 bits per heavy atom. The van der Waals surface area contributed by atoms with E-state index in [-0.39, 0.29) is 6.04 Å². The Kier molecular flexibility index (Phi) is 3.25. The summed E-state index contributed by atoms with van der Waals surface area (Å²) in [5.41, 5.74) is 12.4. The minimum Gasteiger partial charge on any atom is -0.320 e. The first-order chi connectivity index (χ1) is 9.68. The van der Waals surface area contributed by atoms with Crippen LogP contribution >= 0.6 is 0 Å². The van der Waals surface area contributed by atoms with Gasteiger partial charge in [0, 0.05) is 11.6 Å². The second kappa shape index (κ2) is 5.06. The van der Waals surface area contributed by atoms with Crippen LogP contribution in [-0.4, -0.2) is 4.98 Å². The Labute approximate surface area is 119 Å². The first-order valence-corrected chi connectivity index (χ1v) is 6.84. The number of pyridine rings is 1. The average molecular weight is 262 g/mol. The Bertz CT molecular complexity index is 757. The molecule has 0 aliphatic rings. The van der Waals surface area contributed by atoms with Gasteiger partial charge in [-0.2, -0.15) is 0 Å². The fourth-order valence-electron chi connectivity index (χ4n) is 2.67. The zero-order valence-electron chi connectivity index (χ0n) is 11.8. The predicted molar refractivity (Wildman–Crippen MR) is 83.7 cm³/mol. The summed E-state index contributed by atoms with van der Waals surface area (Å²) in [5.74, 6) is 0. The fraction of sp³-hybridized carbons (Fsp3) is 0.167. The van der Waals surface area contributed by atoms with Crippen LogP contribution in [0.15, 0.2) is 54.7 Å². The molecule has 0 saturated carbocycles. The lowest BCUT2D eigenvalue weighted by Gasteiger charge is -2.18. The Morgan fingerprint density at radius 3 is 2.55 bits per heavy atom. The Balaban J connectivity index is 2.18. The number of rotatable bonds is 2. The highest BCUT2D eigenvalue weighted by atomic mass is 14.7. The van der Waals surface area contributed by atoms with E-state index in [1.165, 1.54) is 16.7 Å².